The SMILES string of the molecule is CCN(CC)CCCN(CC)CCC(NC(C)C)C(=O)O. The van der Waals surface area contributed by atoms with Crippen molar-refractivity contribution in [3.05, 3.63) is 0 Å². The summed E-state index contributed by atoms with van der Waals surface area (Å²) in [7, 11) is 0. The first-order valence-corrected chi connectivity index (χ1v) is 8.38. The van der Waals surface area contributed by atoms with E-state index in [9.17, 15) is 9.90 Å². The molecular formula is C16H35N3O2. The van der Waals surface area contributed by atoms with E-state index >= 15 is 0 Å². The first-order valence-electron chi connectivity index (χ1n) is 8.38. The van der Waals surface area contributed by atoms with Crippen molar-refractivity contribution in [1.82, 2.24) is 15.1 Å². The van der Waals surface area contributed by atoms with Crippen LogP contribution in [0.3, 0.4) is 0 Å². The first-order chi connectivity index (χ1) is 9.94. The van der Waals surface area contributed by atoms with Crippen LogP contribution in [0.1, 0.15) is 47.5 Å². The number of rotatable bonds is 13. The van der Waals surface area contributed by atoms with Crippen LogP contribution < -0.4 is 5.32 Å². The molecule has 0 bridgehead atoms. The van der Waals surface area contributed by atoms with Crippen molar-refractivity contribution in [3.8, 4) is 0 Å². The highest BCUT2D eigenvalue weighted by Crippen LogP contribution is 2.01. The van der Waals surface area contributed by atoms with Crippen LogP contribution >= 0.6 is 0 Å². The molecule has 1 unspecified atom stereocenters. The summed E-state index contributed by atoms with van der Waals surface area (Å²) >= 11 is 0. The normalized spacial score (nSPS) is 13.3. The Morgan fingerprint density at radius 1 is 1.00 bits per heavy atom. The molecule has 0 rings (SSSR count). The molecule has 0 spiro atoms. The number of nitrogens with one attached hydrogen (secondary N) is 1. The molecule has 0 heterocycles. The summed E-state index contributed by atoms with van der Waals surface area (Å²) < 4.78 is 0. The second-order valence-corrected chi connectivity index (χ2v) is 5.82. The van der Waals surface area contributed by atoms with Gasteiger partial charge < -0.3 is 20.2 Å². The van der Waals surface area contributed by atoms with Gasteiger partial charge in [0.1, 0.15) is 6.04 Å². The molecular weight excluding hydrogens is 266 g/mol. The first kappa shape index (κ1) is 20.3. The molecule has 0 aliphatic carbocycles. The van der Waals surface area contributed by atoms with Crippen LogP contribution in [0.2, 0.25) is 0 Å². The van der Waals surface area contributed by atoms with Crippen LogP contribution in [0.4, 0.5) is 0 Å². The number of carboxylic acids is 1. The van der Waals surface area contributed by atoms with Gasteiger partial charge in [-0.3, -0.25) is 4.79 Å². The lowest BCUT2D eigenvalue weighted by molar-refractivity contribution is -0.140. The summed E-state index contributed by atoms with van der Waals surface area (Å²) in [6, 6.07) is -0.245. The Bertz CT molecular complexity index is 268. The quantitative estimate of drug-likeness (QED) is 0.544. The number of carboxylic acid groups (broad SMARTS) is 1. The zero-order valence-electron chi connectivity index (χ0n) is 14.6. The molecule has 21 heavy (non-hydrogen) atoms. The fraction of sp³-hybridized carbons (Fsp3) is 0.938. The highest BCUT2D eigenvalue weighted by atomic mass is 16.4. The minimum atomic E-state index is -0.747. The van der Waals surface area contributed by atoms with Crippen LogP contribution in [0, 0.1) is 0 Å². The summed E-state index contributed by atoms with van der Waals surface area (Å²) in [5, 5.41) is 12.3. The molecule has 0 aromatic carbocycles. The maximum Gasteiger partial charge on any atom is 0.320 e. The van der Waals surface area contributed by atoms with Crippen LogP contribution in [-0.2, 0) is 4.79 Å². The number of hydrogen-bond acceptors (Lipinski definition) is 4. The minimum Gasteiger partial charge on any atom is -0.480 e. The van der Waals surface area contributed by atoms with Crippen molar-refractivity contribution < 1.29 is 9.90 Å². The standard InChI is InChI=1S/C16H35N3O2/c1-6-18(7-2)11-9-12-19(8-3)13-10-15(16(20)21)17-14(4)5/h14-15,17H,6-13H2,1-5H3,(H,20,21). The fourth-order valence-electron chi connectivity index (χ4n) is 2.48. The van der Waals surface area contributed by atoms with Gasteiger partial charge in [-0.15, -0.1) is 0 Å². The smallest absolute Gasteiger partial charge is 0.320 e. The molecule has 0 radical (unpaired) electrons. The van der Waals surface area contributed by atoms with Gasteiger partial charge in [-0.05, 0) is 45.6 Å². The van der Waals surface area contributed by atoms with E-state index in [2.05, 4.69) is 35.9 Å². The summed E-state index contributed by atoms with van der Waals surface area (Å²) in [6.45, 7) is 16.7. The lowest BCUT2D eigenvalue weighted by Crippen LogP contribution is -2.43. The summed E-state index contributed by atoms with van der Waals surface area (Å²) in [4.78, 5) is 16.0. The predicted molar refractivity (Wildman–Crippen MR) is 88.8 cm³/mol. The van der Waals surface area contributed by atoms with Crippen LogP contribution in [0.25, 0.3) is 0 Å². The second kappa shape index (κ2) is 12.0. The summed E-state index contributed by atoms with van der Waals surface area (Å²) in [6.07, 6.45) is 1.80. The molecule has 0 aliphatic rings. The van der Waals surface area contributed by atoms with Gasteiger partial charge in [0.05, 0.1) is 0 Å². The molecule has 0 saturated carbocycles. The molecule has 0 saturated heterocycles. The van der Waals surface area contributed by atoms with Crippen molar-refractivity contribution in [2.24, 2.45) is 0 Å². The van der Waals surface area contributed by atoms with Gasteiger partial charge in [-0.2, -0.15) is 0 Å². The van der Waals surface area contributed by atoms with Crippen LogP contribution in [0.5, 0.6) is 0 Å². The molecule has 5 heteroatoms. The Labute approximate surface area is 130 Å². The summed E-state index contributed by atoms with van der Waals surface area (Å²) in [5.41, 5.74) is 0. The molecule has 1 atom stereocenters. The highest BCUT2D eigenvalue weighted by molar-refractivity contribution is 5.73. The summed E-state index contributed by atoms with van der Waals surface area (Å²) in [5.74, 6) is -0.747. The maximum atomic E-state index is 11.2. The van der Waals surface area contributed by atoms with Crippen LogP contribution in [-0.4, -0.2) is 72.2 Å². The number of carbonyl (C=O) groups is 1. The Kier molecular flexibility index (Phi) is 11.6. The Balaban J connectivity index is 4.09. The molecule has 0 aromatic rings. The third kappa shape index (κ3) is 9.82. The lowest BCUT2D eigenvalue weighted by Gasteiger charge is -2.25. The Morgan fingerprint density at radius 3 is 1.95 bits per heavy atom. The van der Waals surface area contributed by atoms with E-state index in [1.165, 1.54) is 0 Å². The van der Waals surface area contributed by atoms with Gasteiger partial charge in [0.2, 0.25) is 0 Å². The second-order valence-electron chi connectivity index (χ2n) is 5.82. The largest absolute Gasteiger partial charge is 0.480 e. The number of aliphatic carboxylic acids is 1. The van der Waals surface area contributed by atoms with E-state index in [-0.39, 0.29) is 6.04 Å². The molecule has 5 nitrogen and oxygen atoms in total. The molecule has 0 aromatic heterocycles. The predicted octanol–water partition coefficient (Wildman–Crippen LogP) is 1.88. The molecule has 2 N–H and O–H groups in total. The average molecular weight is 301 g/mol. The van der Waals surface area contributed by atoms with Gasteiger partial charge in [-0.25, -0.2) is 0 Å². The Morgan fingerprint density at radius 2 is 1.52 bits per heavy atom. The van der Waals surface area contributed by atoms with Gasteiger partial charge in [0, 0.05) is 12.6 Å². The average Bonchev–Trinajstić information content (AvgIpc) is 2.44. The zero-order valence-corrected chi connectivity index (χ0v) is 14.6. The lowest BCUT2D eigenvalue weighted by atomic mass is 10.1. The van der Waals surface area contributed by atoms with E-state index in [1.807, 2.05) is 13.8 Å². The van der Waals surface area contributed by atoms with Gasteiger partial charge in [0.25, 0.3) is 0 Å². The minimum absolute atomic E-state index is 0.198. The van der Waals surface area contributed by atoms with Gasteiger partial charge in [-0.1, -0.05) is 34.6 Å². The third-order valence-electron chi connectivity index (χ3n) is 3.86. The van der Waals surface area contributed by atoms with E-state index in [0.29, 0.717) is 6.42 Å². The van der Waals surface area contributed by atoms with E-state index in [1.54, 1.807) is 0 Å². The monoisotopic (exact) mass is 301 g/mol. The van der Waals surface area contributed by atoms with E-state index < -0.39 is 12.0 Å². The molecule has 126 valence electrons. The zero-order chi connectivity index (χ0) is 16.3. The van der Waals surface area contributed by atoms with Crippen molar-refractivity contribution in [1.29, 1.82) is 0 Å². The maximum absolute atomic E-state index is 11.2. The third-order valence-corrected chi connectivity index (χ3v) is 3.86. The van der Waals surface area contributed by atoms with Crippen molar-refractivity contribution in [2.45, 2.75) is 59.5 Å². The van der Waals surface area contributed by atoms with Gasteiger partial charge >= 0.3 is 5.97 Å². The van der Waals surface area contributed by atoms with Crippen molar-refractivity contribution in [2.75, 3.05) is 39.3 Å². The van der Waals surface area contributed by atoms with Crippen LogP contribution in [0.15, 0.2) is 0 Å². The van der Waals surface area contributed by atoms with E-state index in [0.717, 1.165) is 45.7 Å². The molecule has 0 amide bonds. The fourth-order valence-corrected chi connectivity index (χ4v) is 2.48. The topological polar surface area (TPSA) is 55.8 Å². The van der Waals surface area contributed by atoms with Crippen molar-refractivity contribution in [3.63, 3.8) is 0 Å². The molecule has 0 fully saturated rings. The van der Waals surface area contributed by atoms with Crippen molar-refractivity contribution >= 4 is 5.97 Å². The van der Waals surface area contributed by atoms with E-state index in [4.69, 9.17) is 0 Å². The van der Waals surface area contributed by atoms with Gasteiger partial charge in [0.15, 0.2) is 0 Å². The molecule has 0 aliphatic heterocycles. The highest BCUT2D eigenvalue weighted by Gasteiger charge is 2.18. The Hall–Kier alpha value is -0.650. The number of hydrogen-bond donors (Lipinski definition) is 2. The number of nitrogens with zero attached hydrogens (tertiary/aromatic N) is 2.